The molecule has 66 valence electrons. The molecule has 0 aromatic carbocycles. The molecule has 3 heteroatoms. The minimum atomic E-state index is 0.583. The summed E-state index contributed by atoms with van der Waals surface area (Å²) in [4.78, 5) is 1.92. The molecule has 0 fully saturated rings. The van der Waals surface area contributed by atoms with Crippen molar-refractivity contribution in [2.24, 2.45) is 5.73 Å². The average Bonchev–Trinajstić information content (AvgIpc) is 2.03. The molecule has 0 atom stereocenters. The van der Waals surface area contributed by atoms with E-state index >= 15 is 0 Å². The van der Waals surface area contributed by atoms with Crippen LogP contribution in [0.15, 0.2) is 25.1 Å². The van der Waals surface area contributed by atoms with Crippen molar-refractivity contribution in [1.29, 1.82) is 0 Å². The van der Waals surface area contributed by atoms with Crippen LogP contribution in [0.4, 0.5) is 0 Å². The number of nitrogens with one attached hydrogen (secondary N) is 1. The zero-order valence-corrected chi connectivity index (χ0v) is 7.72. The standard InChI is InChI=1S/C5H12N2.C3H7N/c1-5(6-2)7(3)4;1-2-3-4/h6H,1H2,2-4H3;2H,1,3-4H2. The fourth-order valence-electron chi connectivity index (χ4n) is 0.224. The van der Waals surface area contributed by atoms with E-state index in [2.05, 4.69) is 18.5 Å². The fraction of sp³-hybridized carbons (Fsp3) is 0.500. The van der Waals surface area contributed by atoms with Gasteiger partial charge in [-0.15, -0.1) is 6.58 Å². The van der Waals surface area contributed by atoms with Gasteiger partial charge in [-0.3, -0.25) is 0 Å². The third-order valence-electron chi connectivity index (χ3n) is 0.995. The summed E-state index contributed by atoms with van der Waals surface area (Å²) in [7, 11) is 5.74. The van der Waals surface area contributed by atoms with Gasteiger partial charge in [0.15, 0.2) is 0 Å². The molecule has 0 amide bonds. The fourth-order valence-corrected chi connectivity index (χ4v) is 0.224. The van der Waals surface area contributed by atoms with Crippen molar-refractivity contribution in [3.63, 3.8) is 0 Å². The molecule has 0 aromatic rings. The van der Waals surface area contributed by atoms with E-state index in [-0.39, 0.29) is 0 Å². The molecule has 3 nitrogen and oxygen atoms in total. The van der Waals surface area contributed by atoms with Gasteiger partial charge in [0.2, 0.25) is 0 Å². The highest BCUT2D eigenvalue weighted by Gasteiger charge is 1.85. The summed E-state index contributed by atoms with van der Waals surface area (Å²) in [6, 6.07) is 0. The summed E-state index contributed by atoms with van der Waals surface area (Å²) in [6.45, 7) is 7.62. The zero-order chi connectivity index (χ0) is 9.28. The highest BCUT2D eigenvalue weighted by Crippen LogP contribution is 1.82. The van der Waals surface area contributed by atoms with Gasteiger partial charge >= 0.3 is 0 Å². The van der Waals surface area contributed by atoms with Crippen LogP contribution in [0, 0.1) is 0 Å². The van der Waals surface area contributed by atoms with Crippen LogP contribution in [0.1, 0.15) is 0 Å². The molecule has 0 aromatic heterocycles. The van der Waals surface area contributed by atoms with E-state index in [1.165, 1.54) is 0 Å². The molecule has 11 heavy (non-hydrogen) atoms. The van der Waals surface area contributed by atoms with Crippen molar-refractivity contribution in [1.82, 2.24) is 10.2 Å². The smallest absolute Gasteiger partial charge is 0.0930 e. The molecular formula is C8H19N3. The van der Waals surface area contributed by atoms with Gasteiger partial charge in [-0.25, -0.2) is 0 Å². The molecule has 0 radical (unpaired) electrons. The highest BCUT2D eigenvalue weighted by atomic mass is 15.2. The van der Waals surface area contributed by atoms with E-state index in [1.54, 1.807) is 6.08 Å². The third-order valence-corrected chi connectivity index (χ3v) is 0.995. The second-order valence-corrected chi connectivity index (χ2v) is 2.12. The number of rotatable bonds is 3. The Balaban J connectivity index is 0. The minimum absolute atomic E-state index is 0.583. The monoisotopic (exact) mass is 157 g/mol. The first kappa shape index (κ1) is 12.7. The van der Waals surface area contributed by atoms with Crippen LogP contribution >= 0.6 is 0 Å². The van der Waals surface area contributed by atoms with E-state index in [1.807, 2.05) is 26.0 Å². The normalized spacial score (nSPS) is 7.27. The molecular weight excluding hydrogens is 138 g/mol. The number of hydrogen-bond acceptors (Lipinski definition) is 3. The lowest BCUT2D eigenvalue weighted by molar-refractivity contribution is 0.479. The van der Waals surface area contributed by atoms with E-state index in [4.69, 9.17) is 5.73 Å². The summed E-state index contributed by atoms with van der Waals surface area (Å²) in [6.07, 6.45) is 1.65. The van der Waals surface area contributed by atoms with Crippen molar-refractivity contribution >= 4 is 0 Å². The topological polar surface area (TPSA) is 41.3 Å². The largest absolute Gasteiger partial charge is 0.375 e. The lowest BCUT2D eigenvalue weighted by atomic mass is 10.7. The molecule has 0 spiro atoms. The van der Waals surface area contributed by atoms with Gasteiger partial charge in [-0.05, 0) is 0 Å². The van der Waals surface area contributed by atoms with Crippen molar-refractivity contribution in [3.8, 4) is 0 Å². The first-order valence-electron chi connectivity index (χ1n) is 3.45. The lowest BCUT2D eigenvalue weighted by Crippen LogP contribution is -2.20. The van der Waals surface area contributed by atoms with E-state index in [0.717, 1.165) is 5.82 Å². The van der Waals surface area contributed by atoms with Crippen LogP contribution in [0.3, 0.4) is 0 Å². The predicted molar refractivity (Wildman–Crippen MR) is 51.1 cm³/mol. The van der Waals surface area contributed by atoms with Gasteiger partial charge in [-0.1, -0.05) is 12.7 Å². The number of nitrogens with zero attached hydrogens (tertiary/aromatic N) is 1. The average molecular weight is 157 g/mol. The van der Waals surface area contributed by atoms with Crippen molar-refractivity contribution in [2.45, 2.75) is 0 Å². The molecule has 0 aliphatic carbocycles. The van der Waals surface area contributed by atoms with Crippen LogP contribution in [-0.4, -0.2) is 32.6 Å². The van der Waals surface area contributed by atoms with Crippen LogP contribution in [0.25, 0.3) is 0 Å². The molecule has 0 rings (SSSR count). The predicted octanol–water partition coefficient (Wildman–Crippen LogP) is 0.370. The van der Waals surface area contributed by atoms with Gasteiger partial charge in [-0.2, -0.15) is 0 Å². The van der Waals surface area contributed by atoms with Crippen molar-refractivity contribution in [2.75, 3.05) is 27.7 Å². The summed E-state index contributed by atoms with van der Waals surface area (Å²) in [5, 5.41) is 2.90. The van der Waals surface area contributed by atoms with Crippen LogP contribution in [0.2, 0.25) is 0 Å². The van der Waals surface area contributed by atoms with Gasteiger partial charge in [0, 0.05) is 27.7 Å². The Morgan fingerprint density at radius 2 is 2.00 bits per heavy atom. The van der Waals surface area contributed by atoms with Crippen LogP contribution in [-0.2, 0) is 0 Å². The Bertz CT molecular complexity index is 108. The molecule has 3 N–H and O–H groups in total. The summed E-state index contributed by atoms with van der Waals surface area (Å²) >= 11 is 0. The molecule has 0 heterocycles. The van der Waals surface area contributed by atoms with Crippen LogP contribution < -0.4 is 11.1 Å². The highest BCUT2D eigenvalue weighted by molar-refractivity contribution is 4.84. The van der Waals surface area contributed by atoms with Gasteiger partial charge in [0.1, 0.15) is 0 Å². The van der Waals surface area contributed by atoms with Crippen LogP contribution in [0.5, 0.6) is 0 Å². The van der Waals surface area contributed by atoms with Gasteiger partial charge < -0.3 is 16.0 Å². The quantitative estimate of drug-likeness (QED) is 0.582. The summed E-state index contributed by atoms with van der Waals surface area (Å²) in [5.74, 6) is 0.931. The second kappa shape index (κ2) is 9.04. The van der Waals surface area contributed by atoms with E-state index < -0.39 is 0 Å². The van der Waals surface area contributed by atoms with Gasteiger partial charge in [0.05, 0.1) is 5.82 Å². The zero-order valence-electron chi connectivity index (χ0n) is 7.72. The molecule has 0 aliphatic heterocycles. The Labute approximate surface area is 69.6 Å². The second-order valence-electron chi connectivity index (χ2n) is 2.12. The molecule has 0 saturated carbocycles. The Morgan fingerprint density at radius 3 is 2.00 bits per heavy atom. The maximum Gasteiger partial charge on any atom is 0.0930 e. The van der Waals surface area contributed by atoms with E-state index in [0.29, 0.717) is 6.54 Å². The van der Waals surface area contributed by atoms with E-state index in [9.17, 15) is 0 Å². The Morgan fingerprint density at radius 1 is 1.64 bits per heavy atom. The summed E-state index contributed by atoms with van der Waals surface area (Å²) in [5.41, 5.74) is 4.91. The molecule has 0 aliphatic rings. The SMILES string of the molecule is C=C(NC)N(C)C.C=CCN. The first-order valence-corrected chi connectivity index (χ1v) is 3.45. The first-order chi connectivity index (χ1) is 5.09. The number of hydrogen-bond donors (Lipinski definition) is 2. The van der Waals surface area contributed by atoms with Crippen molar-refractivity contribution < 1.29 is 0 Å². The third kappa shape index (κ3) is 12.3. The molecule has 0 bridgehead atoms. The minimum Gasteiger partial charge on any atom is -0.375 e. The van der Waals surface area contributed by atoms with Gasteiger partial charge in [0.25, 0.3) is 0 Å². The maximum absolute atomic E-state index is 4.91. The lowest BCUT2D eigenvalue weighted by Gasteiger charge is -2.13. The molecule has 0 saturated heterocycles. The number of nitrogens with two attached hydrogens (primary N) is 1. The summed E-state index contributed by atoms with van der Waals surface area (Å²) < 4.78 is 0. The maximum atomic E-state index is 4.91. The molecule has 0 unspecified atom stereocenters. The Hall–Kier alpha value is -0.960. The van der Waals surface area contributed by atoms with Crippen molar-refractivity contribution in [3.05, 3.63) is 25.1 Å². The Kier molecular flexibility index (Phi) is 10.4.